The zero-order valence-electron chi connectivity index (χ0n) is 13.5. The SMILES string of the molecule is Cc1cc(F)cc(S(=O)(=O)N2CCN(Cc3ccncc3)CC2)c1. The number of aromatic nitrogens is 1. The Labute approximate surface area is 141 Å². The van der Waals surface area contributed by atoms with Crippen molar-refractivity contribution >= 4 is 10.0 Å². The van der Waals surface area contributed by atoms with Crippen LogP contribution in [0, 0.1) is 12.7 Å². The molecule has 1 fully saturated rings. The summed E-state index contributed by atoms with van der Waals surface area (Å²) in [6.07, 6.45) is 3.50. The summed E-state index contributed by atoms with van der Waals surface area (Å²) in [6, 6.07) is 7.84. The monoisotopic (exact) mass is 349 g/mol. The second kappa shape index (κ2) is 6.96. The van der Waals surface area contributed by atoms with Gasteiger partial charge < -0.3 is 0 Å². The Bertz CT molecular complexity index is 784. The molecule has 0 saturated carbocycles. The van der Waals surface area contributed by atoms with Gasteiger partial charge in [-0.2, -0.15) is 4.31 Å². The number of aryl methyl sites for hydroxylation is 1. The van der Waals surface area contributed by atoms with Crippen molar-refractivity contribution in [3.05, 3.63) is 59.7 Å². The number of sulfonamides is 1. The molecule has 24 heavy (non-hydrogen) atoms. The summed E-state index contributed by atoms with van der Waals surface area (Å²) < 4.78 is 40.3. The van der Waals surface area contributed by atoms with Crippen LogP contribution in [0.15, 0.2) is 47.6 Å². The molecule has 1 aromatic carbocycles. The van der Waals surface area contributed by atoms with Gasteiger partial charge in [0.25, 0.3) is 0 Å². The van der Waals surface area contributed by atoms with E-state index in [0.717, 1.165) is 18.2 Å². The second-order valence-corrected chi connectivity index (χ2v) is 7.94. The summed E-state index contributed by atoms with van der Waals surface area (Å²) in [5, 5.41) is 0. The molecule has 3 rings (SSSR count). The molecule has 0 aliphatic carbocycles. The molecule has 0 amide bonds. The maximum Gasteiger partial charge on any atom is 0.243 e. The Morgan fingerprint density at radius 2 is 1.75 bits per heavy atom. The molecule has 0 unspecified atom stereocenters. The lowest BCUT2D eigenvalue weighted by Crippen LogP contribution is -2.48. The van der Waals surface area contributed by atoms with Gasteiger partial charge in [-0.1, -0.05) is 0 Å². The van der Waals surface area contributed by atoms with E-state index < -0.39 is 15.8 Å². The first-order chi connectivity index (χ1) is 11.4. The van der Waals surface area contributed by atoms with Crippen LogP contribution in [0.5, 0.6) is 0 Å². The van der Waals surface area contributed by atoms with E-state index in [4.69, 9.17) is 0 Å². The minimum absolute atomic E-state index is 0.0302. The van der Waals surface area contributed by atoms with Gasteiger partial charge in [0.2, 0.25) is 10.0 Å². The minimum Gasteiger partial charge on any atom is -0.296 e. The quantitative estimate of drug-likeness (QED) is 0.848. The van der Waals surface area contributed by atoms with Crippen LogP contribution in [-0.4, -0.2) is 48.8 Å². The van der Waals surface area contributed by atoms with Crippen LogP contribution < -0.4 is 0 Å². The van der Waals surface area contributed by atoms with Crippen LogP contribution in [0.2, 0.25) is 0 Å². The summed E-state index contributed by atoms with van der Waals surface area (Å²) in [6.45, 7) is 4.57. The molecule has 5 nitrogen and oxygen atoms in total. The lowest BCUT2D eigenvalue weighted by Gasteiger charge is -2.34. The average molecular weight is 349 g/mol. The summed E-state index contributed by atoms with van der Waals surface area (Å²) in [5.74, 6) is -0.523. The van der Waals surface area contributed by atoms with Crippen molar-refractivity contribution in [3.63, 3.8) is 0 Å². The van der Waals surface area contributed by atoms with Crippen molar-refractivity contribution in [3.8, 4) is 0 Å². The highest BCUT2D eigenvalue weighted by molar-refractivity contribution is 7.89. The largest absolute Gasteiger partial charge is 0.296 e. The normalized spacial score (nSPS) is 17.1. The van der Waals surface area contributed by atoms with E-state index in [0.29, 0.717) is 31.7 Å². The first-order valence-corrected chi connectivity index (χ1v) is 9.28. The number of halogens is 1. The molecule has 1 aliphatic rings. The number of nitrogens with zero attached hydrogens (tertiary/aromatic N) is 3. The molecule has 7 heteroatoms. The average Bonchev–Trinajstić information content (AvgIpc) is 2.55. The fourth-order valence-electron chi connectivity index (χ4n) is 2.88. The zero-order chi connectivity index (χ0) is 17.2. The molecule has 128 valence electrons. The van der Waals surface area contributed by atoms with Crippen LogP contribution in [0.25, 0.3) is 0 Å². The molecule has 0 radical (unpaired) electrons. The minimum atomic E-state index is -3.65. The van der Waals surface area contributed by atoms with Crippen molar-refractivity contribution in [2.45, 2.75) is 18.4 Å². The Morgan fingerprint density at radius 3 is 2.38 bits per heavy atom. The van der Waals surface area contributed by atoms with Crippen LogP contribution in [0.4, 0.5) is 4.39 Å². The Morgan fingerprint density at radius 1 is 1.08 bits per heavy atom. The maximum atomic E-state index is 13.5. The molecule has 1 aromatic heterocycles. The first-order valence-electron chi connectivity index (χ1n) is 7.84. The molecule has 2 heterocycles. The standard InChI is InChI=1S/C17H20FN3O2S/c1-14-10-16(18)12-17(11-14)24(22,23)21-8-6-20(7-9-21)13-15-2-4-19-5-3-15/h2-5,10-12H,6-9,13H2,1H3. The zero-order valence-corrected chi connectivity index (χ0v) is 14.3. The summed E-state index contributed by atoms with van der Waals surface area (Å²) >= 11 is 0. The molecule has 0 atom stereocenters. The van der Waals surface area contributed by atoms with Crippen LogP contribution in [0.3, 0.4) is 0 Å². The third kappa shape index (κ3) is 3.80. The predicted molar refractivity (Wildman–Crippen MR) is 89.4 cm³/mol. The number of pyridine rings is 1. The Kier molecular flexibility index (Phi) is 4.93. The van der Waals surface area contributed by atoms with E-state index in [1.165, 1.54) is 16.4 Å². The Hall–Kier alpha value is -1.83. The van der Waals surface area contributed by atoms with Crippen molar-refractivity contribution in [2.75, 3.05) is 26.2 Å². The number of hydrogen-bond donors (Lipinski definition) is 0. The van der Waals surface area contributed by atoms with Crippen molar-refractivity contribution < 1.29 is 12.8 Å². The topological polar surface area (TPSA) is 53.5 Å². The van der Waals surface area contributed by atoms with Crippen LogP contribution in [-0.2, 0) is 16.6 Å². The smallest absolute Gasteiger partial charge is 0.243 e. The van der Waals surface area contributed by atoms with Gasteiger partial charge in [0.15, 0.2) is 0 Å². The highest BCUT2D eigenvalue weighted by Gasteiger charge is 2.28. The van der Waals surface area contributed by atoms with Gasteiger partial charge in [0.1, 0.15) is 5.82 Å². The van der Waals surface area contributed by atoms with Gasteiger partial charge in [-0.25, -0.2) is 12.8 Å². The molecule has 1 saturated heterocycles. The Balaban J connectivity index is 1.67. The molecular weight excluding hydrogens is 329 g/mol. The number of benzene rings is 1. The highest BCUT2D eigenvalue weighted by Crippen LogP contribution is 2.20. The van der Waals surface area contributed by atoms with Gasteiger partial charge in [0, 0.05) is 45.1 Å². The van der Waals surface area contributed by atoms with Crippen LogP contribution >= 0.6 is 0 Å². The number of rotatable bonds is 4. The van der Waals surface area contributed by atoms with Crippen LogP contribution in [0.1, 0.15) is 11.1 Å². The van der Waals surface area contributed by atoms with Gasteiger partial charge in [-0.3, -0.25) is 9.88 Å². The summed E-state index contributed by atoms with van der Waals surface area (Å²) in [7, 11) is -3.65. The van der Waals surface area contributed by atoms with Gasteiger partial charge in [-0.05, 0) is 48.4 Å². The van der Waals surface area contributed by atoms with E-state index in [2.05, 4.69) is 9.88 Å². The fourth-order valence-corrected chi connectivity index (χ4v) is 4.41. The lowest BCUT2D eigenvalue weighted by atomic mass is 10.2. The lowest BCUT2D eigenvalue weighted by molar-refractivity contribution is 0.181. The van der Waals surface area contributed by atoms with E-state index in [1.807, 2.05) is 12.1 Å². The maximum absolute atomic E-state index is 13.5. The van der Waals surface area contributed by atoms with Gasteiger partial charge >= 0.3 is 0 Å². The highest BCUT2D eigenvalue weighted by atomic mass is 32.2. The molecular formula is C17H20FN3O2S. The van der Waals surface area contributed by atoms with E-state index >= 15 is 0 Å². The number of hydrogen-bond acceptors (Lipinski definition) is 4. The summed E-state index contributed by atoms with van der Waals surface area (Å²) in [5.41, 5.74) is 1.76. The fraction of sp³-hybridized carbons (Fsp3) is 0.353. The third-order valence-corrected chi connectivity index (χ3v) is 6.02. The van der Waals surface area contributed by atoms with Crippen molar-refractivity contribution in [1.29, 1.82) is 0 Å². The van der Waals surface area contributed by atoms with E-state index in [-0.39, 0.29) is 4.90 Å². The van der Waals surface area contributed by atoms with E-state index in [1.54, 1.807) is 19.3 Å². The first kappa shape index (κ1) is 17.0. The van der Waals surface area contributed by atoms with Crippen molar-refractivity contribution in [2.24, 2.45) is 0 Å². The number of piperazine rings is 1. The van der Waals surface area contributed by atoms with Crippen molar-refractivity contribution in [1.82, 2.24) is 14.2 Å². The van der Waals surface area contributed by atoms with Gasteiger partial charge in [-0.15, -0.1) is 0 Å². The van der Waals surface area contributed by atoms with E-state index in [9.17, 15) is 12.8 Å². The predicted octanol–water partition coefficient (Wildman–Crippen LogP) is 2.04. The molecule has 1 aliphatic heterocycles. The second-order valence-electron chi connectivity index (χ2n) is 6.00. The molecule has 0 bridgehead atoms. The third-order valence-electron chi connectivity index (χ3n) is 4.14. The van der Waals surface area contributed by atoms with Gasteiger partial charge in [0.05, 0.1) is 4.90 Å². The summed E-state index contributed by atoms with van der Waals surface area (Å²) in [4.78, 5) is 6.23. The molecule has 2 aromatic rings. The molecule has 0 N–H and O–H groups in total. The molecule has 0 spiro atoms.